The Bertz CT molecular complexity index is 700. The van der Waals surface area contributed by atoms with Crippen molar-refractivity contribution in [2.24, 2.45) is 0 Å². The third-order valence-electron chi connectivity index (χ3n) is 3.80. The first-order valence-electron chi connectivity index (χ1n) is 7.82. The van der Waals surface area contributed by atoms with Gasteiger partial charge in [0, 0.05) is 19.2 Å². The van der Waals surface area contributed by atoms with Gasteiger partial charge in [0.25, 0.3) is 0 Å². The van der Waals surface area contributed by atoms with E-state index in [-0.39, 0.29) is 17.5 Å². The lowest BCUT2D eigenvalue weighted by Gasteiger charge is -2.19. The van der Waals surface area contributed by atoms with Gasteiger partial charge in [-0.25, -0.2) is 13.1 Å². The van der Waals surface area contributed by atoms with Gasteiger partial charge >= 0.3 is 0 Å². The number of sulfonamides is 1. The maximum atomic E-state index is 12.3. The van der Waals surface area contributed by atoms with E-state index in [1.54, 1.807) is 6.07 Å². The van der Waals surface area contributed by atoms with Crippen molar-refractivity contribution in [3.05, 3.63) is 18.2 Å². The Hall–Kier alpha value is -1.84. The summed E-state index contributed by atoms with van der Waals surface area (Å²) in [5, 5.41) is 2.66. The minimum absolute atomic E-state index is 0.0170. The maximum absolute atomic E-state index is 12.3. The van der Waals surface area contributed by atoms with Gasteiger partial charge in [-0.2, -0.15) is 0 Å². The van der Waals surface area contributed by atoms with Crippen molar-refractivity contribution in [3.63, 3.8) is 0 Å². The molecule has 0 spiro atoms. The molecule has 0 radical (unpaired) electrons. The molecule has 1 saturated heterocycles. The van der Waals surface area contributed by atoms with Crippen LogP contribution in [0.3, 0.4) is 0 Å². The standard InChI is InChI=1S/C15H20N2O6S/c18-15(16-9-11-2-1-5-21-11)10-17-24(19,20)12-3-4-13-14(8-12)23-7-6-22-13/h3-4,8,11,17H,1-2,5-7,9-10H2,(H,16,18). The van der Waals surface area contributed by atoms with E-state index >= 15 is 0 Å². The van der Waals surface area contributed by atoms with E-state index in [9.17, 15) is 13.2 Å². The Morgan fingerprint density at radius 2 is 1.96 bits per heavy atom. The van der Waals surface area contributed by atoms with Crippen LogP contribution in [0.1, 0.15) is 12.8 Å². The van der Waals surface area contributed by atoms with Gasteiger partial charge in [0.15, 0.2) is 11.5 Å². The molecule has 9 heteroatoms. The zero-order valence-corrected chi connectivity index (χ0v) is 13.9. The molecule has 24 heavy (non-hydrogen) atoms. The number of hydrogen-bond acceptors (Lipinski definition) is 6. The van der Waals surface area contributed by atoms with Gasteiger partial charge in [-0.1, -0.05) is 0 Å². The van der Waals surface area contributed by atoms with Crippen molar-refractivity contribution in [3.8, 4) is 11.5 Å². The van der Waals surface area contributed by atoms with Crippen LogP contribution < -0.4 is 19.5 Å². The quantitative estimate of drug-likeness (QED) is 0.746. The summed E-state index contributed by atoms with van der Waals surface area (Å²) in [4.78, 5) is 11.8. The molecule has 0 aromatic heterocycles. The number of ether oxygens (including phenoxy) is 3. The molecule has 2 aliphatic rings. The lowest BCUT2D eigenvalue weighted by Crippen LogP contribution is -2.39. The second-order valence-corrected chi connectivity index (χ2v) is 7.34. The van der Waals surface area contributed by atoms with Crippen molar-refractivity contribution in [2.45, 2.75) is 23.8 Å². The highest BCUT2D eigenvalue weighted by Crippen LogP contribution is 2.32. The van der Waals surface area contributed by atoms with Crippen molar-refractivity contribution in [1.29, 1.82) is 0 Å². The molecular formula is C15H20N2O6S. The van der Waals surface area contributed by atoms with Gasteiger partial charge in [0.1, 0.15) is 13.2 Å². The molecular weight excluding hydrogens is 336 g/mol. The van der Waals surface area contributed by atoms with Crippen LogP contribution in [0.5, 0.6) is 11.5 Å². The third-order valence-corrected chi connectivity index (χ3v) is 5.20. The van der Waals surface area contributed by atoms with E-state index in [0.717, 1.165) is 12.8 Å². The van der Waals surface area contributed by atoms with Crippen LogP contribution in [0.15, 0.2) is 23.1 Å². The largest absolute Gasteiger partial charge is 0.486 e. The maximum Gasteiger partial charge on any atom is 0.241 e. The van der Waals surface area contributed by atoms with Gasteiger partial charge in [-0.15, -0.1) is 0 Å². The predicted molar refractivity (Wildman–Crippen MR) is 84.6 cm³/mol. The second-order valence-electron chi connectivity index (χ2n) is 5.57. The predicted octanol–water partition coefficient (Wildman–Crippen LogP) is 0.0313. The minimum atomic E-state index is -3.80. The Balaban J connectivity index is 1.54. The average Bonchev–Trinajstić information content (AvgIpc) is 3.11. The first-order valence-corrected chi connectivity index (χ1v) is 9.30. The number of benzene rings is 1. The van der Waals surface area contributed by atoms with E-state index < -0.39 is 15.9 Å². The summed E-state index contributed by atoms with van der Waals surface area (Å²) in [6, 6.07) is 4.35. The molecule has 1 aromatic rings. The van der Waals surface area contributed by atoms with Crippen LogP contribution in [0, 0.1) is 0 Å². The van der Waals surface area contributed by atoms with Crippen LogP contribution in [0.2, 0.25) is 0 Å². The van der Waals surface area contributed by atoms with Crippen LogP contribution >= 0.6 is 0 Å². The van der Waals surface area contributed by atoms with E-state index in [4.69, 9.17) is 14.2 Å². The Kier molecular flexibility index (Phi) is 5.22. The molecule has 2 N–H and O–H groups in total. The number of carbonyl (C=O) groups is 1. The molecule has 1 atom stereocenters. The van der Waals surface area contributed by atoms with E-state index in [1.807, 2.05) is 0 Å². The molecule has 1 unspecified atom stereocenters. The highest BCUT2D eigenvalue weighted by molar-refractivity contribution is 7.89. The normalized spacial score (nSPS) is 19.9. The SMILES string of the molecule is O=C(CNS(=O)(=O)c1ccc2c(c1)OCCO2)NCC1CCCO1. The fourth-order valence-corrected chi connectivity index (χ4v) is 3.53. The smallest absolute Gasteiger partial charge is 0.241 e. The zero-order valence-electron chi connectivity index (χ0n) is 13.1. The molecule has 0 saturated carbocycles. The first kappa shape index (κ1) is 17.0. The summed E-state index contributed by atoms with van der Waals surface area (Å²) < 4.78 is 42.9. The Labute approximate surface area is 140 Å². The molecule has 0 aliphatic carbocycles. The van der Waals surface area contributed by atoms with Crippen molar-refractivity contribution in [2.75, 3.05) is 32.9 Å². The van der Waals surface area contributed by atoms with Crippen LogP contribution in [-0.4, -0.2) is 53.3 Å². The number of hydrogen-bond donors (Lipinski definition) is 2. The fourth-order valence-electron chi connectivity index (χ4n) is 2.53. The highest BCUT2D eigenvalue weighted by atomic mass is 32.2. The van der Waals surface area contributed by atoms with Crippen molar-refractivity contribution >= 4 is 15.9 Å². The van der Waals surface area contributed by atoms with Gasteiger partial charge < -0.3 is 19.5 Å². The topological polar surface area (TPSA) is 103 Å². The summed E-state index contributed by atoms with van der Waals surface area (Å²) in [6.45, 7) is 1.57. The highest BCUT2D eigenvalue weighted by Gasteiger charge is 2.21. The molecule has 132 valence electrons. The van der Waals surface area contributed by atoms with Gasteiger partial charge in [0.05, 0.1) is 17.5 Å². The number of carbonyl (C=O) groups excluding carboxylic acids is 1. The molecule has 1 aromatic carbocycles. The number of rotatable bonds is 6. The molecule has 2 aliphatic heterocycles. The first-order chi connectivity index (χ1) is 11.5. The molecule has 3 rings (SSSR count). The van der Waals surface area contributed by atoms with Crippen molar-refractivity contribution < 1.29 is 27.4 Å². The summed E-state index contributed by atoms with van der Waals surface area (Å²) in [6.07, 6.45) is 1.91. The van der Waals surface area contributed by atoms with E-state index in [1.165, 1.54) is 12.1 Å². The van der Waals surface area contributed by atoms with E-state index in [0.29, 0.717) is 37.9 Å². The van der Waals surface area contributed by atoms with Crippen LogP contribution in [-0.2, 0) is 19.6 Å². The van der Waals surface area contributed by atoms with Gasteiger partial charge in [0.2, 0.25) is 15.9 Å². The van der Waals surface area contributed by atoms with Crippen molar-refractivity contribution in [1.82, 2.24) is 10.0 Å². The number of fused-ring (bicyclic) bond motifs is 1. The van der Waals surface area contributed by atoms with E-state index in [2.05, 4.69) is 10.0 Å². The Morgan fingerprint density at radius 1 is 1.17 bits per heavy atom. The van der Waals surface area contributed by atoms with Gasteiger partial charge in [-0.3, -0.25) is 4.79 Å². The molecule has 1 amide bonds. The number of amides is 1. The lowest BCUT2D eigenvalue weighted by atomic mass is 10.2. The monoisotopic (exact) mass is 356 g/mol. The summed E-state index contributed by atoms with van der Waals surface area (Å²) in [7, 11) is -3.80. The number of nitrogens with one attached hydrogen (secondary N) is 2. The zero-order chi connectivity index (χ0) is 17.0. The summed E-state index contributed by atoms with van der Waals surface area (Å²) >= 11 is 0. The molecule has 0 bridgehead atoms. The van der Waals surface area contributed by atoms with Gasteiger partial charge in [-0.05, 0) is 25.0 Å². The van der Waals surface area contributed by atoms with Crippen LogP contribution in [0.25, 0.3) is 0 Å². The Morgan fingerprint density at radius 3 is 2.71 bits per heavy atom. The summed E-state index contributed by atoms with van der Waals surface area (Å²) in [5.74, 6) is 0.494. The summed E-state index contributed by atoms with van der Waals surface area (Å²) in [5.41, 5.74) is 0. The molecule has 1 fully saturated rings. The average molecular weight is 356 g/mol. The fraction of sp³-hybridized carbons (Fsp3) is 0.533. The lowest BCUT2D eigenvalue weighted by molar-refractivity contribution is -0.120. The second kappa shape index (κ2) is 7.37. The molecule has 2 heterocycles. The molecule has 8 nitrogen and oxygen atoms in total. The third kappa shape index (κ3) is 4.16. The van der Waals surface area contributed by atoms with Crippen LogP contribution in [0.4, 0.5) is 0 Å². The minimum Gasteiger partial charge on any atom is -0.486 e.